The number of aryl methyl sites for hydroxylation is 1. The number of para-hydroxylation sites is 1. The van der Waals surface area contributed by atoms with Crippen LogP contribution >= 0.6 is 11.3 Å². The summed E-state index contributed by atoms with van der Waals surface area (Å²) in [5, 5.41) is 13.1. The maximum Gasteiger partial charge on any atom is 0.220 e. The minimum atomic E-state index is 0.0155. The van der Waals surface area contributed by atoms with Crippen molar-refractivity contribution in [3.8, 4) is 0 Å². The molecule has 22 heavy (non-hydrogen) atoms. The van der Waals surface area contributed by atoms with Gasteiger partial charge in [0.15, 0.2) is 0 Å². The first-order valence-corrected chi connectivity index (χ1v) is 8.66. The van der Waals surface area contributed by atoms with Crippen molar-refractivity contribution >= 4 is 27.5 Å². The first-order chi connectivity index (χ1) is 10.6. The van der Waals surface area contributed by atoms with E-state index in [9.17, 15) is 4.79 Å². The molecule has 1 aromatic carbocycles. The number of hydrogen-bond donors (Lipinski definition) is 2. The molecule has 4 nitrogen and oxygen atoms in total. The van der Waals surface area contributed by atoms with Gasteiger partial charge in [-0.3, -0.25) is 4.79 Å². The van der Waals surface area contributed by atoms with Crippen molar-refractivity contribution in [2.45, 2.75) is 45.6 Å². The average molecular weight is 320 g/mol. The monoisotopic (exact) mass is 320 g/mol. The van der Waals surface area contributed by atoms with Crippen LogP contribution in [-0.4, -0.2) is 28.6 Å². The maximum absolute atomic E-state index is 11.8. The van der Waals surface area contributed by atoms with Crippen molar-refractivity contribution in [3.05, 3.63) is 29.3 Å². The predicted octanol–water partition coefficient (Wildman–Crippen LogP) is 3.14. The lowest BCUT2D eigenvalue weighted by Gasteiger charge is -2.19. The first kappa shape index (κ1) is 16.9. The molecule has 1 aromatic heterocycles. The molecule has 0 saturated heterocycles. The number of aliphatic hydroxyl groups excluding tert-OH is 1. The summed E-state index contributed by atoms with van der Waals surface area (Å²) in [6.45, 7) is 3.96. The van der Waals surface area contributed by atoms with Crippen molar-refractivity contribution in [2.75, 3.05) is 6.61 Å². The number of unbranched alkanes of at least 4 members (excludes halogenated alkanes) is 1. The van der Waals surface area contributed by atoms with Crippen molar-refractivity contribution in [2.24, 2.45) is 5.92 Å². The van der Waals surface area contributed by atoms with Crippen LogP contribution < -0.4 is 5.32 Å². The van der Waals surface area contributed by atoms with E-state index in [0.717, 1.165) is 29.8 Å². The van der Waals surface area contributed by atoms with Gasteiger partial charge in [-0.1, -0.05) is 19.1 Å². The molecule has 0 aliphatic rings. The van der Waals surface area contributed by atoms with Gasteiger partial charge in [0.1, 0.15) is 0 Å². The Balaban J connectivity index is 1.69. The zero-order valence-electron chi connectivity index (χ0n) is 13.2. The zero-order chi connectivity index (χ0) is 15.9. The number of carbonyl (C=O) groups excluding carboxylic acids is 1. The second kappa shape index (κ2) is 8.25. The van der Waals surface area contributed by atoms with Gasteiger partial charge in [-0.05, 0) is 44.2 Å². The molecule has 1 heterocycles. The molecule has 2 unspecified atom stereocenters. The van der Waals surface area contributed by atoms with Crippen LogP contribution in [0.15, 0.2) is 24.3 Å². The number of rotatable bonds is 8. The van der Waals surface area contributed by atoms with Gasteiger partial charge >= 0.3 is 0 Å². The molecular formula is C17H24N2O2S. The Kier molecular flexibility index (Phi) is 6.34. The fourth-order valence-corrected chi connectivity index (χ4v) is 3.22. The third-order valence-corrected chi connectivity index (χ3v) is 5.01. The summed E-state index contributed by atoms with van der Waals surface area (Å²) >= 11 is 1.73. The van der Waals surface area contributed by atoms with E-state index in [4.69, 9.17) is 5.11 Å². The summed E-state index contributed by atoms with van der Waals surface area (Å²) in [7, 11) is 0. The highest BCUT2D eigenvalue weighted by atomic mass is 32.1. The lowest BCUT2D eigenvalue weighted by atomic mass is 10.0. The first-order valence-electron chi connectivity index (χ1n) is 7.85. The average Bonchev–Trinajstić information content (AvgIpc) is 2.93. The zero-order valence-corrected chi connectivity index (χ0v) is 14.0. The van der Waals surface area contributed by atoms with Crippen molar-refractivity contribution < 1.29 is 9.90 Å². The van der Waals surface area contributed by atoms with Crippen LogP contribution in [0, 0.1) is 5.92 Å². The largest absolute Gasteiger partial charge is 0.396 e. The maximum atomic E-state index is 11.8. The van der Waals surface area contributed by atoms with Crippen molar-refractivity contribution in [1.29, 1.82) is 0 Å². The number of hydrogen-bond acceptors (Lipinski definition) is 4. The Morgan fingerprint density at radius 2 is 2.09 bits per heavy atom. The number of nitrogens with zero attached hydrogens (tertiary/aromatic N) is 1. The van der Waals surface area contributed by atoms with Crippen LogP contribution in [0.3, 0.4) is 0 Å². The lowest BCUT2D eigenvalue weighted by molar-refractivity contribution is -0.122. The Morgan fingerprint density at radius 1 is 1.32 bits per heavy atom. The molecule has 1 amide bonds. The van der Waals surface area contributed by atoms with Gasteiger partial charge in [0.2, 0.25) is 5.91 Å². The third-order valence-electron chi connectivity index (χ3n) is 3.91. The second-order valence-electron chi connectivity index (χ2n) is 5.80. The quantitative estimate of drug-likeness (QED) is 0.735. The normalized spacial score (nSPS) is 14.0. The molecule has 0 aliphatic heterocycles. The molecule has 0 bridgehead atoms. The summed E-state index contributed by atoms with van der Waals surface area (Å²) in [6.07, 6.45) is 3.29. The number of fused-ring (bicyclic) bond motifs is 1. The molecular weight excluding hydrogens is 296 g/mol. The van der Waals surface area contributed by atoms with E-state index >= 15 is 0 Å². The highest BCUT2D eigenvalue weighted by Crippen LogP contribution is 2.22. The number of nitrogens with one attached hydrogen (secondary N) is 1. The van der Waals surface area contributed by atoms with Crippen LogP contribution in [0.5, 0.6) is 0 Å². The number of thiazole rings is 1. The summed E-state index contributed by atoms with van der Waals surface area (Å²) in [5.74, 6) is 0.156. The van der Waals surface area contributed by atoms with E-state index in [1.54, 1.807) is 11.3 Å². The smallest absolute Gasteiger partial charge is 0.220 e. The lowest BCUT2D eigenvalue weighted by Crippen LogP contribution is -2.38. The van der Waals surface area contributed by atoms with E-state index in [2.05, 4.69) is 16.4 Å². The molecule has 2 atom stereocenters. The fraction of sp³-hybridized carbons (Fsp3) is 0.529. The third kappa shape index (κ3) is 4.78. The standard InChI is InChI=1S/C17H24N2O2S/c1-12(11-20)13(2)18-16(21)9-5-6-10-17-19-14-7-3-4-8-15(14)22-17/h3-4,7-8,12-13,20H,5-6,9-11H2,1-2H3,(H,18,21). The van der Waals surface area contributed by atoms with E-state index < -0.39 is 0 Å². The van der Waals surface area contributed by atoms with Crippen LogP contribution in [0.2, 0.25) is 0 Å². The molecule has 0 aliphatic carbocycles. The number of carbonyl (C=O) groups is 1. The molecule has 2 rings (SSSR count). The summed E-state index contributed by atoms with van der Waals surface area (Å²) < 4.78 is 1.22. The highest BCUT2D eigenvalue weighted by Gasteiger charge is 2.13. The molecule has 0 spiro atoms. The van der Waals surface area contributed by atoms with Gasteiger partial charge in [0.25, 0.3) is 0 Å². The summed E-state index contributed by atoms with van der Waals surface area (Å²) in [4.78, 5) is 16.4. The van der Waals surface area contributed by atoms with Crippen molar-refractivity contribution in [1.82, 2.24) is 10.3 Å². The number of benzene rings is 1. The number of aliphatic hydroxyl groups is 1. The summed E-state index contributed by atoms with van der Waals surface area (Å²) in [5.41, 5.74) is 1.06. The Labute approximate surface area is 135 Å². The van der Waals surface area contributed by atoms with Crippen molar-refractivity contribution in [3.63, 3.8) is 0 Å². The molecule has 5 heteroatoms. The van der Waals surface area contributed by atoms with Gasteiger partial charge in [0, 0.05) is 19.1 Å². The SMILES string of the molecule is CC(CO)C(C)NC(=O)CCCCc1nc2ccccc2s1. The molecule has 2 aromatic rings. The number of amides is 1. The predicted molar refractivity (Wildman–Crippen MR) is 91.0 cm³/mol. The van der Waals surface area contributed by atoms with E-state index in [0.29, 0.717) is 6.42 Å². The van der Waals surface area contributed by atoms with Gasteiger partial charge in [-0.25, -0.2) is 4.98 Å². The Hall–Kier alpha value is -1.46. The molecule has 120 valence electrons. The van der Waals surface area contributed by atoms with Crippen LogP contribution in [0.25, 0.3) is 10.2 Å². The van der Waals surface area contributed by atoms with Gasteiger partial charge in [0.05, 0.1) is 15.2 Å². The minimum absolute atomic E-state index is 0.0155. The van der Waals surface area contributed by atoms with Crippen LogP contribution in [-0.2, 0) is 11.2 Å². The molecule has 0 radical (unpaired) electrons. The molecule has 0 fully saturated rings. The van der Waals surface area contributed by atoms with E-state index in [1.165, 1.54) is 4.70 Å². The van der Waals surface area contributed by atoms with Crippen LogP contribution in [0.4, 0.5) is 0 Å². The topological polar surface area (TPSA) is 62.2 Å². The highest BCUT2D eigenvalue weighted by molar-refractivity contribution is 7.18. The van der Waals surface area contributed by atoms with Gasteiger partial charge in [-0.2, -0.15) is 0 Å². The van der Waals surface area contributed by atoms with Gasteiger partial charge < -0.3 is 10.4 Å². The molecule has 0 saturated carbocycles. The summed E-state index contributed by atoms with van der Waals surface area (Å²) in [6, 6.07) is 8.18. The van der Waals surface area contributed by atoms with Crippen LogP contribution in [0.1, 0.15) is 38.1 Å². The van der Waals surface area contributed by atoms with Gasteiger partial charge in [-0.15, -0.1) is 11.3 Å². The Bertz CT molecular complexity index is 578. The fourth-order valence-electron chi connectivity index (χ4n) is 2.22. The van der Waals surface area contributed by atoms with E-state index in [-0.39, 0.29) is 24.5 Å². The second-order valence-corrected chi connectivity index (χ2v) is 6.91. The number of aromatic nitrogens is 1. The Morgan fingerprint density at radius 3 is 2.82 bits per heavy atom. The minimum Gasteiger partial charge on any atom is -0.396 e. The van der Waals surface area contributed by atoms with E-state index in [1.807, 2.05) is 32.0 Å². The molecule has 2 N–H and O–H groups in total.